The minimum atomic E-state index is -5.64. The second-order valence-electron chi connectivity index (χ2n) is 7.70. The van der Waals surface area contributed by atoms with Crippen molar-refractivity contribution in [1.82, 2.24) is 4.31 Å². The number of aliphatic carboxylic acids is 1. The van der Waals surface area contributed by atoms with Crippen LogP contribution in [0.2, 0.25) is 0 Å². The van der Waals surface area contributed by atoms with E-state index in [2.05, 4.69) is 0 Å². The molecule has 0 bridgehead atoms. The highest BCUT2D eigenvalue weighted by Crippen LogP contribution is 2.44. The molecule has 2 aromatic rings. The fourth-order valence-electron chi connectivity index (χ4n) is 3.66. The zero-order valence-corrected chi connectivity index (χ0v) is 19.2. The van der Waals surface area contributed by atoms with Crippen LogP contribution in [0.3, 0.4) is 0 Å². The SMILES string of the molecule is C[C@@H]1CN(c2ccc(F)cc2C(F)(F)F)CCN1S(=O)(=O)c1ccc(C(O)(C(=O)O)C(F)(F)F)s1. The van der Waals surface area contributed by atoms with E-state index in [0.717, 1.165) is 22.5 Å². The average molecular weight is 550 g/mol. The van der Waals surface area contributed by atoms with Crippen molar-refractivity contribution in [2.24, 2.45) is 0 Å². The van der Waals surface area contributed by atoms with Crippen LogP contribution >= 0.6 is 11.3 Å². The van der Waals surface area contributed by atoms with Crippen molar-refractivity contribution in [3.63, 3.8) is 0 Å². The van der Waals surface area contributed by atoms with Crippen molar-refractivity contribution in [1.29, 1.82) is 0 Å². The van der Waals surface area contributed by atoms with Gasteiger partial charge in [-0.2, -0.15) is 30.6 Å². The summed E-state index contributed by atoms with van der Waals surface area (Å²) < 4.78 is 119. The number of thiophene rings is 1. The van der Waals surface area contributed by atoms with Gasteiger partial charge in [0.05, 0.1) is 10.4 Å². The summed E-state index contributed by atoms with van der Waals surface area (Å²) in [5.74, 6) is -3.75. The molecule has 0 spiro atoms. The third-order valence-electron chi connectivity index (χ3n) is 5.39. The fraction of sp³-hybridized carbons (Fsp3) is 0.421. The van der Waals surface area contributed by atoms with Crippen LogP contribution in [0, 0.1) is 5.82 Å². The van der Waals surface area contributed by atoms with Gasteiger partial charge in [-0.25, -0.2) is 17.6 Å². The number of alkyl halides is 6. The molecule has 2 heterocycles. The summed E-state index contributed by atoms with van der Waals surface area (Å²) in [6.45, 7) is 0.484. The number of carboxylic acid groups (broad SMARTS) is 1. The molecule has 1 saturated heterocycles. The van der Waals surface area contributed by atoms with E-state index in [4.69, 9.17) is 5.11 Å². The van der Waals surface area contributed by atoms with E-state index >= 15 is 0 Å². The lowest BCUT2D eigenvalue weighted by atomic mass is 10.0. The van der Waals surface area contributed by atoms with Gasteiger partial charge in [-0.05, 0) is 37.3 Å². The van der Waals surface area contributed by atoms with Crippen LogP contribution in [-0.2, 0) is 26.6 Å². The van der Waals surface area contributed by atoms with E-state index in [1.165, 1.54) is 11.8 Å². The molecule has 0 amide bonds. The third kappa shape index (κ3) is 4.83. The summed E-state index contributed by atoms with van der Waals surface area (Å²) in [7, 11) is -4.50. The summed E-state index contributed by atoms with van der Waals surface area (Å²) >= 11 is -0.0822. The summed E-state index contributed by atoms with van der Waals surface area (Å²) in [5.41, 5.74) is -5.94. The average Bonchev–Trinajstić information content (AvgIpc) is 3.22. The maximum atomic E-state index is 13.4. The lowest BCUT2D eigenvalue weighted by molar-refractivity contribution is -0.264. The fourth-order valence-corrected chi connectivity index (χ4v) is 6.81. The molecule has 1 unspecified atom stereocenters. The van der Waals surface area contributed by atoms with Crippen LogP contribution in [0.25, 0.3) is 0 Å². The highest BCUT2D eigenvalue weighted by Gasteiger charge is 2.62. The molecule has 0 radical (unpaired) electrons. The van der Waals surface area contributed by atoms with Crippen molar-refractivity contribution in [2.75, 3.05) is 24.5 Å². The van der Waals surface area contributed by atoms with Crippen LogP contribution < -0.4 is 4.90 Å². The van der Waals surface area contributed by atoms with Gasteiger partial charge in [-0.15, -0.1) is 11.3 Å². The maximum absolute atomic E-state index is 13.4. The summed E-state index contributed by atoms with van der Waals surface area (Å²) in [4.78, 5) is 11.2. The monoisotopic (exact) mass is 550 g/mol. The Labute approximate surface area is 198 Å². The number of nitrogens with zero attached hydrogens (tertiary/aromatic N) is 2. The molecule has 1 aromatic heterocycles. The number of carbonyl (C=O) groups is 1. The molecule has 0 saturated carbocycles. The number of piperazine rings is 1. The molecule has 3 rings (SSSR count). The van der Waals surface area contributed by atoms with Gasteiger partial charge in [0.1, 0.15) is 10.0 Å². The Balaban J connectivity index is 1.89. The van der Waals surface area contributed by atoms with Crippen LogP contribution in [-0.4, -0.2) is 60.8 Å². The highest BCUT2D eigenvalue weighted by molar-refractivity contribution is 7.91. The Morgan fingerprint density at radius 1 is 1.09 bits per heavy atom. The second-order valence-corrected chi connectivity index (χ2v) is 10.9. The molecule has 1 fully saturated rings. The first kappa shape index (κ1) is 27.2. The van der Waals surface area contributed by atoms with E-state index in [-0.39, 0.29) is 36.7 Å². The quantitative estimate of drug-likeness (QED) is 0.552. The van der Waals surface area contributed by atoms with Gasteiger partial charge in [0.25, 0.3) is 15.6 Å². The number of benzene rings is 1. The molecular formula is C19H17F7N2O5S2. The molecule has 2 N–H and O–H groups in total. The van der Waals surface area contributed by atoms with E-state index in [1.807, 2.05) is 0 Å². The number of sulfonamides is 1. The molecule has 1 aliphatic heterocycles. The Bertz CT molecular complexity index is 1230. The van der Waals surface area contributed by atoms with E-state index in [0.29, 0.717) is 12.1 Å². The smallest absolute Gasteiger partial charge is 0.433 e. The second kappa shape index (κ2) is 8.90. The normalized spacial score (nSPS) is 20.0. The third-order valence-corrected chi connectivity index (χ3v) is 9.07. The van der Waals surface area contributed by atoms with Crippen LogP contribution in [0.5, 0.6) is 0 Å². The molecule has 16 heteroatoms. The predicted octanol–water partition coefficient (Wildman–Crippen LogP) is 3.64. The lowest BCUT2D eigenvalue weighted by Crippen LogP contribution is -2.54. The zero-order valence-electron chi connectivity index (χ0n) is 17.6. The number of carboxylic acids is 1. The lowest BCUT2D eigenvalue weighted by Gasteiger charge is -2.40. The largest absolute Gasteiger partial charge is 0.479 e. The highest BCUT2D eigenvalue weighted by atomic mass is 32.2. The van der Waals surface area contributed by atoms with Gasteiger partial charge in [-0.3, -0.25) is 0 Å². The number of hydrogen-bond acceptors (Lipinski definition) is 6. The van der Waals surface area contributed by atoms with Crippen molar-refractivity contribution in [3.05, 3.63) is 46.6 Å². The van der Waals surface area contributed by atoms with Gasteiger partial charge in [-0.1, -0.05) is 0 Å². The molecule has 2 atom stereocenters. The first-order valence-corrected chi connectivity index (χ1v) is 11.9. The molecule has 1 aliphatic rings. The zero-order chi connectivity index (χ0) is 26.6. The minimum Gasteiger partial charge on any atom is -0.479 e. The molecule has 35 heavy (non-hydrogen) atoms. The Morgan fingerprint density at radius 3 is 2.23 bits per heavy atom. The number of hydrogen-bond donors (Lipinski definition) is 2. The summed E-state index contributed by atoms with van der Waals surface area (Å²) in [6, 6.07) is 2.36. The number of aliphatic hydroxyl groups is 1. The maximum Gasteiger partial charge on any atom is 0.433 e. The van der Waals surface area contributed by atoms with Crippen molar-refractivity contribution in [3.8, 4) is 0 Å². The van der Waals surface area contributed by atoms with Gasteiger partial charge in [0, 0.05) is 31.4 Å². The molecular weight excluding hydrogens is 533 g/mol. The Kier molecular flexibility index (Phi) is 6.91. The Morgan fingerprint density at radius 2 is 1.71 bits per heavy atom. The topological polar surface area (TPSA) is 98.2 Å². The van der Waals surface area contributed by atoms with Crippen molar-refractivity contribution in [2.45, 2.75) is 35.1 Å². The van der Waals surface area contributed by atoms with Crippen LogP contribution in [0.15, 0.2) is 34.5 Å². The van der Waals surface area contributed by atoms with Gasteiger partial charge >= 0.3 is 18.3 Å². The minimum absolute atomic E-state index is 0.0822. The predicted molar refractivity (Wildman–Crippen MR) is 109 cm³/mol. The van der Waals surface area contributed by atoms with Gasteiger partial charge in [0.2, 0.25) is 0 Å². The first-order chi connectivity index (χ1) is 15.9. The van der Waals surface area contributed by atoms with Crippen LogP contribution in [0.1, 0.15) is 17.4 Å². The molecule has 7 nitrogen and oxygen atoms in total. The number of rotatable bonds is 5. The number of anilines is 1. The number of halogens is 7. The van der Waals surface area contributed by atoms with Crippen molar-refractivity contribution < 1.29 is 54.2 Å². The van der Waals surface area contributed by atoms with E-state index < -0.39 is 60.5 Å². The summed E-state index contributed by atoms with van der Waals surface area (Å²) in [6.07, 6.45) is -10.5. The van der Waals surface area contributed by atoms with E-state index in [9.17, 15) is 49.1 Å². The van der Waals surface area contributed by atoms with Crippen LogP contribution in [0.4, 0.5) is 36.4 Å². The van der Waals surface area contributed by atoms with E-state index in [1.54, 1.807) is 0 Å². The first-order valence-electron chi connectivity index (χ1n) is 9.67. The molecule has 1 aromatic carbocycles. The molecule has 194 valence electrons. The van der Waals surface area contributed by atoms with Gasteiger partial charge < -0.3 is 15.1 Å². The van der Waals surface area contributed by atoms with Crippen molar-refractivity contribution >= 4 is 33.0 Å². The molecule has 0 aliphatic carbocycles. The summed E-state index contributed by atoms with van der Waals surface area (Å²) in [5, 5.41) is 18.7. The Hall–Kier alpha value is -2.43. The van der Waals surface area contributed by atoms with Gasteiger partial charge in [0.15, 0.2) is 0 Å². The standard InChI is InChI=1S/C19H17F7N2O5S2/c1-10-9-27(13-3-2-11(20)8-12(13)18(21,22)23)6-7-28(10)35(32,33)15-5-4-14(34-15)17(31,16(29)30)19(24,25)26/h2-5,8,10,31H,6-7,9H2,1H3,(H,29,30)/t10-,17?/m1/s1.